The fourth-order valence-corrected chi connectivity index (χ4v) is 1.39. The normalized spacial score (nSPS) is 10.8. The predicted octanol–water partition coefficient (Wildman–Crippen LogP) is 0.797. The average Bonchev–Trinajstić information content (AvgIpc) is 2.42. The van der Waals surface area contributed by atoms with E-state index in [1.807, 2.05) is 12.1 Å². The van der Waals surface area contributed by atoms with E-state index in [1.54, 1.807) is 18.2 Å². The monoisotopic (exact) mass is 264 g/mol. The van der Waals surface area contributed by atoms with Crippen LogP contribution in [0.5, 0.6) is 0 Å². The lowest BCUT2D eigenvalue weighted by atomic mass is 10.2. The molecular weight excluding hydrogens is 244 g/mol. The molecule has 0 aromatic heterocycles. The summed E-state index contributed by atoms with van der Waals surface area (Å²) in [6.45, 7) is 1.44. The summed E-state index contributed by atoms with van der Waals surface area (Å²) in [6, 6.07) is 7.27. The number of amides is 1. The molecule has 1 aromatic carbocycles. The molecule has 0 fully saturated rings. The first-order valence-corrected chi connectivity index (χ1v) is 6.22. The van der Waals surface area contributed by atoms with Crippen molar-refractivity contribution in [2.75, 3.05) is 32.1 Å². The van der Waals surface area contributed by atoms with Crippen molar-refractivity contribution in [3.8, 4) is 0 Å². The minimum atomic E-state index is -0.140. The SMILES string of the molecule is Nc1ccc(/C=C/C(=O)NCCCOCCO)cc1. The van der Waals surface area contributed by atoms with Crippen LogP contribution in [0.15, 0.2) is 30.3 Å². The Morgan fingerprint density at radius 3 is 2.74 bits per heavy atom. The van der Waals surface area contributed by atoms with Crippen molar-refractivity contribution < 1.29 is 14.6 Å². The van der Waals surface area contributed by atoms with E-state index in [1.165, 1.54) is 6.08 Å². The summed E-state index contributed by atoms with van der Waals surface area (Å²) < 4.78 is 5.07. The molecule has 0 aliphatic heterocycles. The molecule has 0 heterocycles. The second-order valence-corrected chi connectivity index (χ2v) is 3.98. The van der Waals surface area contributed by atoms with E-state index < -0.39 is 0 Å². The molecule has 1 rings (SSSR count). The fourth-order valence-electron chi connectivity index (χ4n) is 1.39. The zero-order valence-corrected chi connectivity index (χ0v) is 10.8. The van der Waals surface area contributed by atoms with E-state index in [9.17, 15) is 4.79 Å². The lowest BCUT2D eigenvalue weighted by Gasteiger charge is -2.03. The second kappa shape index (κ2) is 9.13. The first-order chi connectivity index (χ1) is 9.22. The summed E-state index contributed by atoms with van der Waals surface area (Å²) in [4.78, 5) is 11.5. The molecule has 0 aliphatic rings. The van der Waals surface area contributed by atoms with Crippen LogP contribution in [0.3, 0.4) is 0 Å². The van der Waals surface area contributed by atoms with Gasteiger partial charge in [-0.1, -0.05) is 12.1 Å². The summed E-state index contributed by atoms with van der Waals surface area (Å²) >= 11 is 0. The Hall–Kier alpha value is -1.85. The number of nitrogen functional groups attached to an aromatic ring is 1. The third-order valence-electron chi connectivity index (χ3n) is 2.36. The Morgan fingerprint density at radius 1 is 1.32 bits per heavy atom. The molecule has 0 saturated carbocycles. The molecule has 0 atom stereocenters. The largest absolute Gasteiger partial charge is 0.399 e. The minimum Gasteiger partial charge on any atom is -0.399 e. The topological polar surface area (TPSA) is 84.6 Å². The molecule has 0 spiro atoms. The van der Waals surface area contributed by atoms with Crippen molar-refractivity contribution in [2.24, 2.45) is 0 Å². The highest BCUT2D eigenvalue weighted by Gasteiger charge is 1.95. The number of aliphatic hydroxyl groups excluding tert-OH is 1. The Morgan fingerprint density at radius 2 is 2.05 bits per heavy atom. The Bertz CT molecular complexity index is 402. The summed E-state index contributed by atoms with van der Waals surface area (Å²) in [5.41, 5.74) is 7.19. The number of hydrogen-bond donors (Lipinski definition) is 3. The van der Waals surface area contributed by atoms with E-state index >= 15 is 0 Å². The van der Waals surface area contributed by atoms with E-state index in [2.05, 4.69) is 5.32 Å². The minimum absolute atomic E-state index is 0.0245. The second-order valence-electron chi connectivity index (χ2n) is 3.98. The van der Waals surface area contributed by atoms with Crippen LogP contribution in [0.4, 0.5) is 5.69 Å². The number of aliphatic hydroxyl groups is 1. The van der Waals surface area contributed by atoms with Gasteiger partial charge in [0.25, 0.3) is 0 Å². The number of carbonyl (C=O) groups excluding carboxylic acids is 1. The van der Waals surface area contributed by atoms with Gasteiger partial charge >= 0.3 is 0 Å². The van der Waals surface area contributed by atoms with Crippen LogP contribution in [0, 0.1) is 0 Å². The molecule has 0 saturated heterocycles. The summed E-state index contributed by atoms with van der Waals surface area (Å²) in [5.74, 6) is -0.140. The lowest BCUT2D eigenvalue weighted by molar-refractivity contribution is -0.116. The Balaban J connectivity index is 2.18. The number of rotatable bonds is 8. The fraction of sp³-hybridized carbons (Fsp3) is 0.357. The predicted molar refractivity (Wildman–Crippen MR) is 75.4 cm³/mol. The quantitative estimate of drug-likeness (QED) is 0.368. The number of ether oxygens (including phenoxy) is 1. The number of hydrogen-bond acceptors (Lipinski definition) is 4. The number of carbonyl (C=O) groups is 1. The van der Waals surface area contributed by atoms with Crippen LogP contribution in [0.1, 0.15) is 12.0 Å². The van der Waals surface area contributed by atoms with Crippen molar-refractivity contribution in [3.63, 3.8) is 0 Å². The molecular formula is C14H20N2O3. The number of nitrogens with one attached hydrogen (secondary N) is 1. The van der Waals surface area contributed by atoms with Gasteiger partial charge in [-0.2, -0.15) is 0 Å². The molecule has 19 heavy (non-hydrogen) atoms. The van der Waals surface area contributed by atoms with Gasteiger partial charge in [-0.05, 0) is 30.2 Å². The molecule has 4 N–H and O–H groups in total. The zero-order valence-electron chi connectivity index (χ0n) is 10.8. The lowest BCUT2D eigenvalue weighted by Crippen LogP contribution is -2.23. The maximum atomic E-state index is 11.5. The van der Waals surface area contributed by atoms with E-state index in [4.69, 9.17) is 15.6 Å². The van der Waals surface area contributed by atoms with Crippen LogP contribution in [0.25, 0.3) is 6.08 Å². The smallest absolute Gasteiger partial charge is 0.244 e. The summed E-state index contributed by atoms with van der Waals surface area (Å²) in [6.07, 6.45) is 3.94. The maximum absolute atomic E-state index is 11.5. The Labute approximate surface area is 113 Å². The van der Waals surface area contributed by atoms with Crippen molar-refractivity contribution in [1.82, 2.24) is 5.32 Å². The van der Waals surface area contributed by atoms with Gasteiger partial charge in [0.15, 0.2) is 0 Å². The van der Waals surface area contributed by atoms with Gasteiger partial charge in [0.1, 0.15) is 0 Å². The van der Waals surface area contributed by atoms with Crippen LogP contribution >= 0.6 is 0 Å². The van der Waals surface area contributed by atoms with Gasteiger partial charge in [-0.25, -0.2) is 0 Å². The molecule has 0 bridgehead atoms. The first-order valence-electron chi connectivity index (χ1n) is 6.22. The van der Waals surface area contributed by atoms with E-state index in [0.717, 1.165) is 12.0 Å². The van der Waals surface area contributed by atoms with Gasteiger partial charge in [-0.15, -0.1) is 0 Å². The third-order valence-corrected chi connectivity index (χ3v) is 2.36. The van der Waals surface area contributed by atoms with Crippen molar-refractivity contribution in [2.45, 2.75) is 6.42 Å². The van der Waals surface area contributed by atoms with Crippen molar-refractivity contribution in [3.05, 3.63) is 35.9 Å². The standard InChI is InChI=1S/C14H20N2O3/c15-13-5-2-12(3-6-13)4-7-14(18)16-8-1-10-19-11-9-17/h2-7,17H,1,8-11,15H2,(H,16,18)/b7-4+. The van der Waals surface area contributed by atoms with Gasteiger partial charge in [0.05, 0.1) is 13.2 Å². The molecule has 1 amide bonds. The molecule has 5 nitrogen and oxygen atoms in total. The summed E-state index contributed by atoms with van der Waals surface area (Å²) in [7, 11) is 0. The molecule has 0 unspecified atom stereocenters. The van der Waals surface area contributed by atoms with Crippen LogP contribution in [-0.4, -0.2) is 37.4 Å². The van der Waals surface area contributed by atoms with E-state index in [-0.39, 0.29) is 12.5 Å². The third kappa shape index (κ3) is 7.23. The molecule has 104 valence electrons. The number of nitrogens with two attached hydrogens (primary N) is 1. The van der Waals surface area contributed by atoms with Crippen LogP contribution in [-0.2, 0) is 9.53 Å². The maximum Gasteiger partial charge on any atom is 0.244 e. The highest BCUT2D eigenvalue weighted by atomic mass is 16.5. The first kappa shape index (κ1) is 15.2. The number of benzene rings is 1. The molecule has 0 radical (unpaired) electrons. The highest BCUT2D eigenvalue weighted by molar-refractivity contribution is 5.91. The van der Waals surface area contributed by atoms with Gasteiger partial charge in [-0.3, -0.25) is 4.79 Å². The molecule has 1 aromatic rings. The van der Waals surface area contributed by atoms with Crippen LogP contribution < -0.4 is 11.1 Å². The zero-order chi connectivity index (χ0) is 13.9. The van der Waals surface area contributed by atoms with Gasteiger partial charge < -0.3 is 20.9 Å². The van der Waals surface area contributed by atoms with Crippen molar-refractivity contribution in [1.29, 1.82) is 0 Å². The van der Waals surface area contributed by atoms with Crippen molar-refractivity contribution >= 4 is 17.7 Å². The highest BCUT2D eigenvalue weighted by Crippen LogP contribution is 2.06. The molecule has 0 aliphatic carbocycles. The van der Waals surface area contributed by atoms with Gasteiger partial charge in [0, 0.05) is 24.9 Å². The summed E-state index contributed by atoms with van der Waals surface area (Å²) in [5, 5.41) is 11.2. The van der Waals surface area contributed by atoms with Crippen LogP contribution in [0.2, 0.25) is 0 Å². The Kier molecular flexibility index (Phi) is 7.31. The van der Waals surface area contributed by atoms with Gasteiger partial charge in [0.2, 0.25) is 5.91 Å². The molecule has 5 heteroatoms. The van der Waals surface area contributed by atoms with E-state index in [0.29, 0.717) is 25.4 Å². The average molecular weight is 264 g/mol. The number of anilines is 1.